The summed E-state index contributed by atoms with van der Waals surface area (Å²) in [6, 6.07) is 5.80. The minimum absolute atomic E-state index is 0. The highest BCUT2D eigenvalue weighted by Crippen LogP contribution is 2.31. The molecule has 0 spiro atoms. The molecule has 0 aliphatic rings. The molecule has 1 amide bonds. The summed E-state index contributed by atoms with van der Waals surface area (Å²) in [4.78, 5) is 13.3. The van der Waals surface area contributed by atoms with Crippen LogP contribution >= 0.6 is 12.4 Å². The second-order valence-electron chi connectivity index (χ2n) is 4.19. The molecule has 1 aromatic rings. The zero-order valence-corrected chi connectivity index (χ0v) is 12.7. The first-order chi connectivity index (χ1) is 8.49. The Morgan fingerprint density at radius 2 is 1.95 bits per heavy atom. The third-order valence-electron chi connectivity index (χ3n) is 2.85. The average molecular weight is 289 g/mol. The molecule has 108 valence electrons. The van der Waals surface area contributed by atoms with E-state index >= 15 is 0 Å². The van der Waals surface area contributed by atoms with Gasteiger partial charge in [-0.25, -0.2) is 4.79 Å². The number of nitrogens with one attached hydrogen (secondary N) is 1. The smallest absolute Gasteiger partial charge is 0.412 e. The maximum Gasteiger partial charge on any atom is 0.412 e. The molecule has 0 saturated heterocycles. The molecule has 1 rings (SSSR count). The van der Waals surface area contributed by atoms with E-state index in [1.54, 1.807) is 13.2 Å². The Balaban J connectivity index is 0.00000324. The lowest BCUT2D eigenvalue weighted by Crippen LogP contribution is -2.22. The van der Waals surface area contributed by atoms with Crippen LogP contribution in [0.25, 0.3) is 0 Å². The third-order valence-corrected chi connectivity index (χ3v) is 2.85. The maximum atomic E-state index is 11.2. The minimum Gasteiger partial charge on any atom is -0.493 e. The van der Waals surface area contributed by atoms with Gasteiger partial charge in [-0.1, -0.05) is 6.07 Å². The number of hydrogen-bond acceptors (Lipinski definition) is 4. The Morgan fingerprint density at radius 3 is 2.42 bits per heavy atom. The molecule has 19 heavy (non-hydrogen) atoms. The van der Waals surface area contributed by atoms with Gasteiger partial charge in [-0.15, -0.1) is 12.4 Å². The van der Waals surface area contributed by atoms with Crippen LogP contribution in [0.3, 0.4) is 0 Å². The average Bonchev–Trinajstić information content (AvgIpc) is 2.37. The van der Waals surface area contributed by atoms with Gasteiger partial charge in [-0.05, 0) is 38.7 Å². The predicted molar refractivity (Wildman–Crippen MR) is 77.4 cm³/mol. The first-order valence-corrected chi connectivity index (χ1v) is 5.73. The Morgan fingerprint density at radius 1 is 1.32 bits per heavy atom. The number of nitrogens with zero attached hydrogens (tertiary/aromatic N) is 1. The lowest BCUT2D eigenvalue weighted by molar-refractivity contribution is 0.200. The van der Waals surface area contributed by atoms with E-state index in [1.807, 2.05) is 26.2 Å². The quantitative estimate of drug-likeness (QED) is 0.925. The fraction of sp³-hybridized carbons (Fsp3) is 0.462. The topological polar surface area (TPSA) is 50.8 Å². The van der Waals surface area contributed by atoms with Crippen LogP contribution in [0.2, 0.25) is 0 Å². The van der Waals surface area contributed by atoms with Crippen LogP contribution in [-0.2, 0) is 0 Å². The van der Waals surface area contributed by atoms with E-state index in [0.717, 1.165) is 5.56 Å². The lowest BCUT2D eigenvalue weighted by atomic mass is 10.1. The number of rotatable bonds is 4. The monoisotopic (exact) mass is 288 g/mol. The summed E-state index contributed by atoms with van der Waals surface area (Å²) >= 11 is 0. The molecular formula is C13H21ClN2O3. The van der Waals surface area contributed by atoms with Crippen LogP contribution in [0.1, 0.15) is 18.5 Å². The lowest BCUT2D eigenvalue weighted by Gasteiger charge is -2.21. The molecular weight excluding hydrogens is 268 g/mol. The van der Waals surface area contributed by atoms with Crippen LogP contribution in [0.5, 0.6) is 11.5 Å². The van der Waals surface area contributed by atoms with E-state index in [1.165, 1.54) is 7.05 Å². The predicted octanol–water partition coefficient (Wildman–Crippen LogP) is 2.46. The molecule has 1 atom stereocenters. The Labute approximate surface area is 120 Å². The van der Waals surface area contributed by atoms with Gasteiger partial charge in [0.15, 0.2) is 11.5 Å². The molecule has 6 heteroatoms. The summed E-state index contributed by atoms with van der Waals surface area (Å²) in [6.45, 7) is 2.09. The highest BCUT2D eigenvalue weighted by molar-refractivity contribution is 5.85. The van der Waals surface area contributed by atoms with Gasteiger partial charge in [-0.3, -0.25) is 0 Å². The van der Waals surface area contributed by atoms with E-state index < -0.39 is 6.09 Å². The van der Waals surface area contributed by atoms with Crippen LogP contribution < -0.4 is 14.8 Å². The fourth-order valence-corrected chi connectivity index (χ4v) is 1.48. The number of halogens is 1. The first-order valence-electron chi connectivity index (χ1n) is 5.73. The van der Waals surface area contributed by atoms with Crippen molar-refractivity contribution in [3.8, 4) is 11.5 Å². The van der Waals surface area contributed by atoms with Crippen LogP contribution in [0.15, 0.2) is 18.2 Å². The molecule has 1 N–H and O–H groups in total. The van der Waals surface area contributed by atoms with Crippen molar-refractivity contribution in [2.45, 2.75) is 13.0 Å². The molecule has 5 nitrogen and oxygen atoms in total. The standard InChI is InChI=1S/C13H20N2O3.ClH/c1-9(15(3)4)10-6-7-11(12(8-10)17-5)18-13(16)14-2;/h6-9H,1-5H3,(H,14,16);1H. The number of amides is 1. The van der Waals surface area contributed by atoms with Gasteiger partial charge in [0.2, 0.25) is 0 Å². The van der Waals surface area contributed by atoms with Gasteiger partial charge in [0, 0.05) is 13.1 Å². The summed E-state index contributed by atoms with van der Waals surface area (Å²) in [5.74, 6) is 0.955. The number of carbonyl (C=O) groups excluding carboxylic acids is 1. The van der Waals surface area contributed by atoms with E-state index in [9.17, 15) is 4.79 Å². The van der Waals surface area contributed by atoms with Crippen molar-refractivity contribution in [1.82, 2.24) is 10.2 Å². The molecule has 1 unspecified atom stereocenters. The van der Waals surface area contributed by atoms with Crippen molar-refractivity contribution in [2.75, 3.05) is 28.3 Å². The SMILES string of the molecule is CNC(=O)Oc1ccc(C(C)N(C)C)cc1OC.Cl. The van der Waals surface area contributed by atoms with E-state index in [-0.39, 0.29) is 18.4 Å². The summed E-state index contributed by atoms with van der Waals surface area (Å²) in [6.07, 6.45) is -0.512. The van der Waals surface area contributed by atoms with Crippen LogP contribution in [-0.4, -0.2) is 39.2 Å². The normalized spacial score (nSPS) is 11.5. The molecule has 0 bridgehead atoms. The molecule has 0 heterocycles. The fourth-order valence-electron chi connectivity index (χ4n) is 1.48. The van der Waals surface area contributed by atoms with Crippen molar-refractivity contribution in [3.05, 3.63) is 23.8 Å². The van der Waals surface area contributed by atoms with Crippen molar-refractivity contribution >= 4 is 18.5 Å². The second kappa shape index (κ2) is 7.86. The molecule has 1 aromatic carbocycles. The van der Waals surface area contributed by atoms with Crippen molar-refractivity contribution < 1.29 is 14.3 Å². The van der Waals surface area contributed by atoms with E-state index in [2.05, 4.69) is 17.1 Å². The Hall–Kier alpha value is -1.46. The van der Waals surface area contributed by atoms with Gasteiger partial charge in [0.25, 0.3) is 0 Å². The Kier molecular flexibility index (Phi) is 7.26. The zero-order valence-electron chi connectivity index (χ0n) is 11.9. The van der Waals surface area contributed by atoms with Crippen molar-refractivity contribution in [3.63, 3.8) is 0 Å². The number of methoxy groups -OCH3 is 1. The van der Waals surface area contributed by atoms with Crippen LogP contribution in [0, 0.1) is 0 Å². The molecule has 0 aliphatic carbocycles. The summed E-state index contributed by atoms with van der Waals surface area (Å²) in [5.41, 5.74) is 1.10. The molecule has 0 saturated carbocycles. The molecule has 0 fully saturated rings. The largest absolute Gasteiger partial charge is 0.493 e. The summed E-state index contributed by atoms with van der Waals surface area (Å²) in [5, 5.41) is 2.40. The second-order valence-corrected chi connectivity index (χ2v) is 4.19. The van der Waals surface area contributed by atoms with Crippen LogP contribution in [0.4, 0.5) is 4.79 Å². The summed E-state index contributed by atoms with van der Waals surface area (Å²) in [7, 11) is 7.08. The zero-order chi connectivity index (χ0) is 13.7. The molecule has 0 aromatic heterocycles. The molecule has 0 radical (unpaired) electrons. The van der Waals surface area contributed by atoms with Gasteiger partial charge in [-0.2, -0.15) is 0 Å². The number of hydrogen-bond donors (Lipinski definition) is 1. The van der Waals surface area contributed by atoms with Gasteiger partial charge in [0.1, 0.15) is 0 Å². The highest BCUT2D eigenvalue weighted by atomic mass is 35.5. The van der Waals surface area contributed by atoms with E-state index in [0.29, 0.717) is 11.5 Å². The maximum absolute atomic E-state index is 11.2. The Bertz CT molecular complexity index is 424. The number of benzene rings is 1. The first kappa shape index (κ1) is 17.5. The number of ether oxygens (including phenoxy) is 2. The van der Waals surface area contributed by atoms with Gasteiger partial charge in [0.05, 0.1) is 7.11 Å². The minimum atomic E-state index is -0.512. The highest BCUT2D eigenvalue weighted by Gasteiger charge is 2.13. The van der Waals surface area contributed by atoms with Crippen molar-refractivity contribution in [1.29, 1.82) is 0 Å². The summed E-state index contributed by atoms with van der Waals surface area (Å²) < 4.78 is 10.3. The van der Waals surface area contributed by atoms with Gasteiger partial charge < -0.3 is 19.7 Å². The third kappa shape index (κ3) is 4.61. The van der Waals surface area contributed by atoms with E-state index in [4.69, 9.17) is 9.47 Å². The van der Waals surface area contributed by atoms with Crippen molar-refractivity contribution in [2.24, 2.45) is 0 Å². The number of carbonyl (C=O) groups is 1. The van der Waals surface area contributed by atoms with Gasteiger partial charge >= 0.3 is 6.09 Å². The molecule has 0 aliphatic heterocycles.